The first-order valence-electron chi connectivity index (χ1n) is 5.50. The minimum absolute atomic E-state index is 0.197. The fourth-order valence-corrected chi connectivity index (χ4v) is 3.14. The molecule has 0 spiro atoms. The standard InChI is InChI=1S/C14H9BrCl2F2/c15-11(5-8-2-1-3-9(16)4-8)10-6-13(18)14(19)7-12(10)17/h1-4,6-7,11H,5H2. The van der Waals surface area contributed by atoms with Gasteiger partial charge in [0.15, 0.2) is 11.6 Å². The van der Waals surface area contributed by atoms with Crippen molar-refractivity contribution in [2.75, 3.05) is 0 Å². The summed E-state index contributed by atoms with van der Waals surface area (Å²) in [5.41, 5.74) is 1.50. The van der Waals surface area contributed by atoms with E-state index in [1.807, 2.05) is 18.2 Å². The molecule has 2 rings (SSSR count). The minimum Gasteiger partial charge on any atom is -0.204 e. The summed E-state index contributed by atoms with van der Waals surface area (Å²) in [4.78, 5) is -0.214. The van der Waals surface area contributed by atoms with Crippen molar-refractivity contribution in [2.45, 2.75) is 11.2 Å². The molecule has 0 amide bonds. The van der Waals surface area contributed by atoms with Gasteiger partial charge in [-0.25, -0.2) is 8.78 Å². The van der Waals surface area contributed by atoms with Crippen LogP contribution in [0.5, 0.6) is 0 Å². The Balaban J connectivity index is 2.25. The first-order chi connectivity index (χ1) is 8.97. The van der Waals surface area contributed by atoms with Crippen molar-refractivity contribution < 1.29 is 8.78 Å². The molecule has 0 aliphatic carbocycles. The first-order valence-corrected chi connectivity index (χ1v) is 7.17. The van der Waals surface area contributed by atoms with Crippen LogP contribution in [0.4, 0.5) is 8.78 Å². The lowest BCUT2D eigenvalue weighted by Crippen LogP contribution is -1.99. The zero-order valence-corrected chi connectivity index (χ0v) is 12.7. The highest BCUT2D eigenvalue weighted by atomic mass is 79.9. The molecular formula is C14H9BrCl2F2. The van der Waals surface area contributed by atoms with Crippen LogP contribution >= 0.6 is 39.1 Å². The topological polar surface area (TPSA) is 0 Å². The van der Waals surface area contributed by atoms with Gasteiger partial charge >= 0.3 is 0 Å². The van der Waals surface area contributed by atoms with Crippen LogP contribution in [0.3, 0.4) is 0 Å². The predicted molar refractivity (Wildman–Crippen MR) is 78.2 cm³/mol. The summed E-state index contributed by atoms with van der Waals surface area (Å²) in [6.45, 7) is 0. The molecule has 0 radical (unpaired) electrons. The van der Waals surface area contributed by atoms with E-state index in [-0.39, 0.29) is 9.85 Å². The summed E-state index contributed by atoms with van der Waals surface area (Å²) < 4.78 is 26.3. The third-order valence-corrected chi connectivity index (χ3v) is 4.06. The van der Waals surface area contributed by atoms with Crippen LogP contribution in [0, 0.1) is 11.6 Å². The van der Waals surface area contributed by atoms with E-state index in [2.05, 4.69) is 15.9 Å². The number of hydrogen-bond donors (Lipinski definition) is 0. The number of benzene rings is 2. The number of halogens is 5. The Kier molecular flexibility index (Phi) is 4.82. The maximum Gasteiger partial charge on any atom is 0.160 e. The van der Waals surface area contributed by atoms with Gasteiger partial charge in [0.1, 0.15) is 0 Å². The summed E-state index contributed by atoms with van der Waals surface area (Å²) >= 11 is 15.3. The third-order valence-electron chi connectivity index (χ3n) is 2.68. The molecule has 0 heterocycles. The summed E-state index contributed by atoms with van der Waals surface area (Å²) in [6, 6.07) is 9.45. The highest BCUT2D eigenvalue weighted by molar-refractivity contribution is 9.09. The molecule has 0 bridgehead atoms. The molecule has 2 aromatic rings. The van der Waals surface area contributed by atoms with Gasteiger partial charge in [0.05, 0.1) is 0 Å². The van der Waals surface area contributed by atoms with Crippen LogP contribution in [0.15, 0.2) is 36.4 Å². The number of rotatable bonds is 3. The molecule has 1 unspecified atom stereocenters. The van der Waals surface area contributed by atoms with E-state index in [0.29, 0.717) is 17.0 Å². The Morgan fingerprint density at radius 3 is 2.42 bits per heavy atom. The van der Waals surface area contributed by atoms with Crippen molar-refractivity contribution in [3.05, 3.63) is 69.2 Å². The number of alkyl halides is 1. The average Bonchev–Trinajstić information content (AvgIpc) is 2.33. The largest absolute Gasteiger partial charge is 0.204 e. The van der Waals surface area contributed by atoms with Crippen molar-refractivity contribution >= 4 is 39.1 Å². The molecule has 19 heavy (non-hydrogen) atoms. The van der Waals surface area contributed by atoms with E-state index in [4.69, 9.17) is 23.2 Å². The molecule has 0 aliphatic heterocycles. The van der Waals surface area contributed by atoms with Gasteiger partial charge in [-0.3, -0.25) is 0 Å². The predicted octanol–water partition coefficient (Wildman–Crippen LogP) is 5.95. The molecule has 0 aromatic heterocycles. The van der Waals surface area contributed by atoms with Gasteiger partial charge in [-0.15, -0.1) is 0 Å². The van der Waals surface area contributed by atoms with E-state index in [1.54, 1.807) is 6.07 Å². The van der Waals surface area contributed by atoms with Gasteiger partial charge in [-0.1, -0.05) is 51.3 Å². The van der Waals surface area contributed by atoms with Gasteiger partial charge in [0.25, 0.3) is 0 Å². The average molecular weight is 366 g/mol. The minimum atomic E-state index is -0.948. The van der Waals surface area contributed by atoms with Crippen molar-refractivity contribution in [3.63, 3.8) is 0 Å². The van der Waals surface area contributed by atoms with Crippen molar-refractivity contribution in [1.29, 1.82) is 0 Å². The summed E-state index contributed by atoms with van der Waals surface area (Å²) in [7, 11) is 0. The molecule has 0 nitrogen and oxygen atoms in total. The van der Waals surface area contributed by atoms with Crippen LogP contribution in [-0.4, -0.2) is 0 Å². The molecule has 0 aliphatic rings. The van der Waals surface area contributed by atoms with Crippen LogP contribution < -0.4 is 0 Å². The fraction of sp³-hybridized carbons (Fsp3) is 0.143. The van der Waals surface area contributed by atoms with Crippen LogP contribution in [0.2, 0.25) is 10.0 Å². The maximum atomic E-state index is 13.2. The van der Waals surface area contributed by atoms with Crippen molar-refractivity contribution in [3.8, 4) is 0 Å². The Labute approximate surface area is 128 Å². The highest BCUT2D eigenvalue weighted by Crippen LogP contribution is 2.34. The van der Waals surface area contributed by atoms with Gasteiger partial charge in [0, 0.05) is 14.9 Å². The molecule has 0 fully saturated rings. The van der Waals surface area contributed by atoms with Crippen molar-refractivity contribution in [2.24, 2.45) is 0 Å². The Morgan fingerprint density at radius 2 is 1.74 bits per heavy atom. The normalized spacial score (nSPS) is 12.5. The van der Waals surface area contributed by atoms with Gasteiger partial charge in [0.2, 0.25) is 0 Å². The van der Waals surface area contributed by atoms with E-state index >= 15 is 0 Å². The first kappa shape index (κ1) is 14.8. The van der Waals surface area contributed by atoms with E-state index in [9.17, 15) is 8.78 Å². The second-order valence-corrected chi connectivity index (χ2v) is 6.04. The molecule has 100 valence electrons. The summed E-state index contributed by atoms with van der Waals surface area (Å²) in [5, 5.41) is 0.830. The van der Waals surface area contributed by atoms with Gasteiger partial charge in [-0.05, 0) is 41.8 Å². The third kappa shape index (κ3) is 3.68. The number of hydrogen-bond acceptors (Lipinski definition) is 0. The molecule has 1 atom stereocenters. The smallest absolute Gasteiger partial charge is 0.160 e. The zero-order chi connectivity index (χ0) is 14.0. The molecule has 0 saturated heterocycles. The second kappa shape index (κ2) is 6.21. The molecular weight excluding hydrogens is 357 g/mol. The highest BCUT2D eigenvalue weighted by Gasteiger charge is 2.16. The SMILES string of the molecule is Fc1cc(Cl)c(C(Br)Cc2cccc(Cl)c2)cc1F. The Hall–Kier alpha value is -0.640. The summed E-state index contributed by atoms with van der Waals surface area (Å²) in [5.74, 6) is -1.86. The molecule has 0 N–H and O–H groups in total. The molecule has 5 heteroatoms. The van der Waals surface area contributed by atoms with Gasteiger partial charge in [-0.2, -0.15) is 0 Å². The van der Waals surface area contributed by atoms with E-state index in [0.717, 1.165) is 17.7 Å². The molecule has 2 aromatic carbocycles. The molecule has 0 saturated carbocycles. The van der Waals surface area contributed by atoms with Crippen LogP contribution in [-0.2, 0) is 6.42 Å². The second-order valence-electron chi connectivity index (χ2n) is 4.09. The van der Waals surface area contributed by atoms with E-state index in [1.165, 1.54) is 0 Å². The monoisotopic (exact) mass is 364 g/mol. The Bertz CT molecular complexity index is 602. The quantitative estimate of drug-likeness (QED) is 0.465. The Morgan fingerprint density at radius 1 is 1.05 bits per heavy atom. The van der Waals surface area contributed by atoms with Gasteiger partial charge < -0.3 is 0 Å². The lowest BCUT2D eigenvalue weighted by atomic mass is 10.0. The van der Waals surface area contributed by atoms with Crippen molar-refractivity contribution in [1.82, 2.24) is 0 Å². The lowest BCUT2D eigenvalue weighted by molar-refractivity contribution is 0.507. The summed E-state index contributed by atoms with van der Waals surface area (Å²) in [6.07, 6.45) is 0.575. The van der Waals surface area contributed by atoms with E-state index < -0.39 is 11.6 Å². The lowest BCUT2D eigenvalue weighted by Gasteiger charge is -2.13. The zero-order valence-electron chi connectivity index (χ0n) is 9.64. The fourth-order valence-electron chi connectivity index (χ4n) is 1.76. The maximum absolute atomic E-state index is 13.2. The van der Waals surface area contributed by atoms with Crippen LogP contribution in [0.25, 0.3) is 0 Å². The van der Waals surface area contributed by atoms with Crippen LogP contribution in [0.1, 0.15) is 16.0 Å².